The van der Waals surface area contributed by atoms with E-state index in [2.05, 4.69) is 10.3 Å². The van der Waals surface area contributed by atoms with Gasteiger partial charge in [-0.25, -0.2) is 4.98 Å². The van der Waals surface area contributed by atoms with Gasteiger partial charge in [-0.15, -0.1) is 0 Å². The standard InChI is InChI=1S/C19H19N3O3/c1-12-5-4-6-14(7-12)11-21-19(24)16(10-20)18(23)15-8-13(2)22-17(9-15)25-3/h4-9,16H,11H2,1-3H3,(H,21,24). The fraction of sp³-hybridized carbons (Fsp3) is 0.263. The van der Waals surface area contributed by atoms with E-state index in [1.807, 2.05) is 31.2 Å². The zero-order valence-electron chi connectivity index (χ0n) is 14.4. The van der Waals surface area contributed by atoms with Gasteiger partial charge in [0.2, 0.25) is 11.8 Å². The van der Waals surface area contributed by atoms with Gasteiger partial charge in [0.15, 0.2) is 11.7 Å². The van der Waals surface area contributed by atoms with Gasteiger partial charge in [-0.3, -0.25) is 9.59 Å². The zero-order chi connectivity index (χ0) is 18.4. The molecule has 1 heterocycles. The van der Waals surface area contributed by atoms with Gasteiger partial charge in [-0.2, -0.15) is 5.26 Å². The van der Waals surface area contributed by atoms with E-state index in [1.165, 1.54) is 19.2 Å². The molecule has 2 rings (SSSR count). The van der Waals surface area contributed by atoms with Crippen LogP contribution in [-0.4, -0.2) is 23.8 Å². The lowest BCUT2D eigenvalue weighted by Gasteiger charge is -2.11. The number of rotatable bonds is 6. The Labute approximate surface area is 146 Å². The quantitative estimate of drug-likeness (QED) is 0.645. The first-order valence-corrected chi connectivity index (χ1v) is 7.74. The van der Waals surface area contributed by atoms with Gasteiger partial charge in [0.1, 0.15) is 0 Å². The van der Waals surface area contributed by atoms with Crippen molar-refractivity contribution in [1.29, 1.82) is 5.26 Å². The van der Waals surface area contributed by atoms with E-state index < -0.39 is 17.6 Å². The maximum Gasteiger partial charge on any atom is 0.245 e. The summed E-state index contributed by atoms with van der Waals surface area (Å²) in [6.07, 6.45) is 0. The van der Waals surface area contributed by atoms with Gasteiger partial charge < -0.3 is 10.1 Å². The minimum atomic E-state index is -1.42. The summed E-state index contributed by atoms with van der Waals surface area (Å²) in [4.78, 5) is 28.9. The van der Waals surface area contributed by atoms with Gasteiger partial charge in [-0.1, -0.05) is 29.8 Å². The van der Waals surface area contributed by atoms with E-state index in [0.717, 1.165) is 11.1 Å². The number of pyridine rings is 1. The minimum absolute atomic E-state index is 0.224. The highest BCUT2D eigenvalue weighted by atomic mass is 16.5. The van der Waals surface area contributed by atoms with Crippen molar-refractivity contribution in [2.75, 3.05) is 7.11 Å². The number of aryl methyl sites for hydroxylation is 2. The van der Waals surface area contributed by atoms with Crippen LogP contribution in [0.4, 0.5) is 0 Å². The fourth-order valence-corrected chi connectivity index (χ4v) is 2.40. The minimum Gasteiger partial charge on any atom is -0.481 e. The molecule has 1 aromatic carbocycles. The largest absolute Gasteiger partial charge is 0.481 e. The van der Waals surface area contributed by atoms with Crippen LogP contribution in [0.5, 0.6) is 5.88 Å². The molecule has 0 bridgehead atoms. The Morgan fingerprint density at radius 1 is 1.28 bits per heavy atom. The summed E-state index contributed by atoms with van der Waals surface area (Å²) >= 11 is 0. The summed E-state index contributed by atoms with van der Waals surface area (Å²) in [6.45, 7) is 3.91. The Bertz CT molecular complexity index is 840. The number of nitriles is 1. The van der Waals surface area contributed by atoms with Crippen LogP contribution in [0.25, 0.3) is 0 Å². The number of benzene rings is 1. The summed E-state index contributed by atoms with van der Waals surface area (Å²) in [6, 6.07) is 12.4. The third-order valence-corrected chi connectivity index (χ3v) is 3.63. The summed E-state index contributed by atoms with van der Waals surface area (Å²) in [5.74, 6) is -2.35. The molecule has 6 nitrogen and oxygen atoms in total. The Kier molecular flexibility index (Phi) is 5.85. The normalized spacial score (nSPS) is 11.3. The molecule has 2 aromatic rings. The number of hydrogen-bond donors (Lipinski definition) is 1. The summed E-state index contributed by atoms with van der Waals surface area (Å²) in [7, 11) is 1.44. The zero-order valence-corrected chi connectivity index (χ0v) is 14.4. The van der Waals surface area contributed by atoms with Crippen molar-refractivity contribution in [3.05, 3.63) is 58.8 Å². The molecular weight excluding hydrogens is 318 g/mol. The second kappa shape index (κ2) is 8.06. The first-order valence-electron chi connectivity index (χ1n) is 7.74. The third-order valence-electron chi connectivity index (χ3n) is 3.63. The first kappa shape index (κ1) is 18.1. The number of ketones is 1. The lowest BCUT2D eigenvalue weighted by Crippen LogP contribution is -2.34. The van der Waals surface area contributed by atoms with E-state index in [4.69, 9.17) is 4.74 Å². The Balaban J connectivity index is 2.12. The number of carbonyl (C=O) groups is 2. The molecule has 0 aliphatic carbocycles. The van der Waals surface area contributed by atoms with Crippen LogP contribution in [0.15, 0.2) is 36.4 Å². The van der Waals surface area contributed by atoms with Crippen molar-refractivity contribution >= 4 is 11.7 Å². The lowest BCUT2D eigenvalue weighted by atomic mass is 9.98. The van der Waals surface area contributed by atoms with Gasteiger partial charge >= 0.3 is 0 Å². The number of amides is 1. The highest BCUT2D eigenvalue weighted by Gasteiger charge is 2.28. The van der Waals surface area contributed by atoms with Crippen molar-refractivity contribution in [3.63, 3.8) is 0 Å². The van der Waals surface area contributed by atoms with Gasteiger partial charge in [0, 0.05) is 23.9 Å². The van der Waals surface area contributed by atoms with Gasteiger partial charge in [0.25, 0.3) is 0 Å². The number of Topliss-reactive ketones (excluding diaryl/α,β-unsaturated/α-hetero) is 1. The predicted molar refractivity (Wildman–Crippen MR) is 92.0 cm³/mol. The van der Waals surface area contributed by atoms with Crippen LogP contribution in [0.2, 0.25) is 0 Å². The number of methoxy groups -OCH3 is 1. The maximum atomic E-state index is 12.5. The van der Waals surface area contributed by atoms with Crippen LogP contribution in [0.1, 0.15) is 27.2 Å². The van der Waals surface area contributed by atoms with E-state index in [9.17, 15) is 14.9 Å². The second-order valence-corrected chi connectivity index (χ2v) is 5.67. The average molecular weight is 337 g/mol. The van der Waals surface area contributed by atoms with Crippen LogP contribution in [0.3, 0.4) is 0 Å². The van der Waals surface area contributed by atoms with Crippen molar-refractivity contribution in [2.45, 2.75) is 20.4 Å². The number of nitrogens with one attached hydrogen (secondary N) is 1. The third kappa shape index (κ3) is 4.64. The molecule has 1 amide bonds. The topological polar surface area (TPSA) is 92.1 Å². The molecule has 1 aromatic heterocycles. The van der Waals surface area contributed by atoms with Gasteiger partial charge in [-0.05, 0) is 25.5 Å². The molecule has 0 fully saturated rings. The number of hydrogen-bond acceptors (Lipinski definition) is 5. The Hall–Kier alpha value is -3.20. The first-order chi connectivity index (χ1) is 11.9. The summed E-state index contributed by atoms with van der Waals surface area (Å²) in [5.41, 5.74) is 2.76. The number of aromatic nitrogens is 1. The molecule has 0 saturated carbocycles. The molecule has 25 heavy (non-hydrogen) atoms. The molecule has 0 saturated heterocycles. The Morgan fingerprint density at radius 3 is 2.68 bits per heavy atom. The number of ether oxygens (including phenoxy) is 1. The SMILES string of the molecule is COc1cc(C(=O)C(C#N)C(=O)NCc2cccc(C)c2)cc(C)n1. The fourth-order valence-electron chi connectivity index (χ4n) is 2.40. The summed E-state index contributed by atoms with van der Waals surface area (Å²) < 4.78 is 5.03. The van der Waals surface area contributed by atoms with Gasteiger partial charge in [0.05, 0.1) is 13.2 Å². The predicted octanol–water partition coefficient (Wildman–Crippen LogP) is 2.35. The van der Waals surface area contributed by atoms with E-state index in [-0.39, 0.29) is 18.0 Å². The van der Waals surface area contributed by atoms with Crippen molar-refractivity contribution in [3.8, 4) is 11.9 Å². The van der Waals surface area contributed by atoms with E-state index in [1.54, 1.807) is 13.0 Å². The summed E-state index contributed by atoms with van der Waals surface area (Å²) in [5, 5.41) is 11.9. The molecule has 128 valence electrons. The van der Waals surface area contributed by atoms with Crippen molar-refractivity contribution in [1.82, 2.24) is 10.3 Å². The molecule has 6 heteroatoms. The molecular formula is C19H19N3O3. The monoisotopic (exact) mass is 337 g/mol. The van der Waals surface area contributed by atoms with Crippen LogP contribution in [0, 0.1) is 31.1 Å². The molecule has 0 spiro atoms. The Morgan fingerprint density at radius 2 is 2.04 bits per heavy atom. The second-order valence-electron chi connectivity index (χ2n) is 5.67. The van der Waals surface area contributed by atoms with Crippen LogP contribution < -0.4 is 10.1 Å². The van der Waals surface area contributed by atoms with E-state index in [0.29, 0.717) is 5.69 Å². The van der Waals surface area contributed by atoms with Crippen molar-refractivity contribution in [2.24, 2.45) is 5.92 Å². The molecule has 0 aliphatic heterocycles. The molecule has 1 unspecified atom stereocenters. The lowest BCUT2D eigenvalue weighted by molar-refractivity contribution is -0.122. The highest BCUT2D eigenvalue weighted by Crippen LogP contribution is 2.16. The molecule has 0 aliphatic rings. The molecule has 1 N–H and O–H groups in total. The van der Waals surface area contributed by atoms with Crippen molar-refractivity contribution < 1.29 is 14.3 Å². The molecule has 0 radical (unpaired) electrons. The van der Waals surface area contributed by atoms with Crippen LogP contribution >= 0.6 is 0 Å². The molecule has 1 atom stereocenters. The maximum absolute atomic E-state index is 12.5. The number of carbonyl (C=O) groups excluding carboxylic acids is 2. The average Bonchev–Trinajstić information content (AvgIpc) is 2.60. The number of nitrogens with zero attached hydrogens (tertiary/aromatic N) is 2. The van der Waals surface area contributed by atoms with Crippen LogP contribution in [-0.2, 0) is 11.3 Å². The smallest absolute Gasteiger partial charge is 0.245 e. The highest BCUT2D eigenvalue weighted by molar-refractivity contribution is 6.12. The van der Waals surface area contributed by atoms with E-state index >= 15 is 0 Å².